The Morgan fingerprint density at radius 3 is 2.43 bits per heavy atom. The van der Waals surface area contributed by atoms with Gasteiger partial charge in [0.15, 0.2) is 0 Å². The molecule has 2 rings (SSSR count). The standard InChI is InChI=1S/C18H15F2NO2/c19-16-10-6-11-17(20)15(16)9-4-5-12-21-18(22)23-13-14-7-2-1-3-8-14/h1-3,6-8,10-11H,5,12-13H2,(H,21,22). The topological polar surface area (TPSA) is 38.3 Å². The number of nitrogens with one attached hydrogen (secondary N) is 1. The van der Waals surface area contributed by atoms with Crippen LogP contribution in [-0.2, 0) is 11.3 Å². The summed E-state index contributed by atoms with van der Waals surface area (Å²) >= 11 is 0. The second-order valence-corrected chi connectivity index (χ2v) is 4.64. The van der Waals surface area contributed by atoms with E-state index in [0.717, 1.165) is 17.7 Å². The molecule has 0 saturated heterocycles. The molecule has 0 bridgehead atoms. The van der Waals surface area contributed by atoms with Crippen molar-refractivity contribution in [2.75, 3.05) is 6.54 Å². The van der Waals surface area contributed by atoms with Gasteiger partial charge in [0.05, 0.1) is 5.56 Å². The van der Waals surface area contributed by atoms with E-state index < -0.39 is 17.7 Å². The highest BCUT2D eigenvalue weighted by Crippen LogP contribution is 2.09. The van der Waals surface area contributed by atoms with Gasteiger partial charge in [0.25, 0.3) is 0 Å². The molecule has 23 heavy (non-hydrogen) atoms. The van der Waals surface area contributed by atoms with Crippen molar-refractivity contribution in [3.05, 3.63) is 71.3 Å². The highest BCUT2D eigenvalue weighted by atomic mass is 19.1. The summed E-state index contributed by atoms with van der Waals surface area (Å²) in [7, 11) is 0. The molecule has 1 amide bonds. The van der Waals surface area contributed by atoms with Crippen molar-refractivity contribution in [2.24, 2.45) is 0 Å². The average Bonchev–Trinajstić information content (AvgIpc) is 2.56. The third kappa shape index (κ3) is 5.44. The van der Waals surface area contributed by atoms with E-state index in [1.807, 2.05) is 30.3 Å². The minimum Gasteiger partial charge on any atom is -0.445 e. The van der Waals surface area contributed by atoms with Crippen LogP contribution in [0.5, 0.6) is 0 Å². The lowest BCUT2D eigenvalue weighted by Crippen LogP contribution is -2.24. The monoisotopic (exact) mass is 315 g/mol. The van der Waals surface area contributed by atoms with Crippen LogP contribution in [-0.4, -0.2) is 12.6 Å². The summed E-state index contributed by atoms with van der Waals surface area (Å²) < 4.78 is 31.6. The summed E-state index contributed by atoms with van der Waals surface area (Å²) in [6.45, 7) is 0.412. The van der Waals surface area contributed by atoms with E-state index in [2.05, 4.69) is 17.2 Å². The maximum Gasteiger partial charge on any atom is 0.407 e. The van der Waals surface area contributed by atoms with Crippen molar-refractivity contribution in [1.82, 2.24) is 5.32 Å². The SMILES string of the molecule is O=C(NCCC#Cc1c(F)cccc1F)OCc1ccccc1. The van der Waals surface area contributed by atoms with Crippen LogP contribution in [0.1, 0.15) is 17.5 Å². The summed E-state index contributed by atoms with van der Waals surface area (Å²) in [6.07, 6.45) is -0.304. The number of carbonyl (C=O) groups is 1. The molecule has 0 radical (unpaired) electrons. The Morgan fingerprint density at radius 2 is 1.74 bits per heavy atom. The lowest BCUT2D eigenvalue weighted by atomic mass is 10.2. The molecular weight excluding hydrogens is 300 g/mol. The van der Waals surface area contributed by atoms with Crippen LogP contribution in [0.25, 0.3) is 0 Å². The van der Waals surface area contributed by atoms with Crippen LogP contribution < -0.4 is 5.32 Å². The third-order valence-corrected chi connectivity index (χ3v) is 2.91. The number of ether oxygens (including phenoxy) is 1. The van der Waals surface area contributed by atoms with Gasteiger partial charge in [-0.25, -0.2) is 13.6 Å². The maximum absolute atomic E-state index is 13.3. The zero-order valence-corrected chi connectivity index (χ0v) is 12.3. The molecule has 2 aromatic rings. The number of hydrogen-bond donors (Lipinski definition) is 1. The van der Waals surface area contributed by atoms with E-state index in [-0.39, 0.29) is 25.1 Å². The first-order valence-corrected chi connectivity index (χ1v) is 7.04. The highest BCUT2D eigenvalue weighted by Gasteiger charge is 2.04. The van der Waals surface area contributed by atoms with Crippen molar-refractivity contribution in [2.45, 2.75) is 13.0 Å². The van der Waals surface area contributed by atoms with Crippen LogP contribution >= 0.6 is 0 Å². The molecule has 3 nitrogen and oxygen atoms in total. The predicted octanol–water partition coefficient (Wildman–Crippen LogP) is 3.63. The minimum absolute atomic E-state index is 0.179. The van der Waals surface area contributed by atoms with Crippen LogP contribution in [0.4, 0.5) is 13.6 Å². The van der Waals surface area contributed by atoms with E-state index in [4.69, 9.17) is 4.74 Å². The van der Waals surface area contributed by atoms with Gasteiger partial charge in [-0.3, -0.25) is 0 Å². The number of halogens is 2. The molecule has 0 spiro atoms. The molecule has 0 fully saturated rings. The minimum atomic E-state index is -0.701. The Kier molecular flexibility index (Phi) is 6.13. The smallest absolute Gasteiger partial charge is 0.407 e. The molecule has 5 heteroatoms. The summed E-state index contributed by atoms with van der Waals surface area (Å²) in [5.41, 5.74) is 0.622. The lowest BCUT2D eigenvalue weighted by molar-refractivity contribution is 0.140. The second-order valence-electron chi connectivity index (χ2n) is 4.64. The van der Waals surface area contributed by atoms with Gasteiger partial charge in [0, 0.05) is 13.0 Å². The van der Waals surface area contributed by atoms with Crippen LogP contribution in [0, 0.1) is 23.5 Å². The first-order valence-electron chi connectivity index (χ1n) is 7.04. The molecule has 0 saturated carbocycles. The Hall–Kier alpha value is -2.87. The quantitative estimate of drug-likeness (QED) is 0.691. The molecule has 1 N–H and O–H groups in total. The van der Waals surface area contributed by atoms with Gasteiger partial charge in [0.1, 0.15) is 18.2 Å². The number of amides is 1. The number of carbonyl (C=O) groups excluding carboxylic acids is 1. The summed E-state index contributed by atoms with van der Waals surface area (Å²) in [5, 5.41) is 2.52. The number of benzene rings is 2. The van der Waals surface area contributed by atoms with Gasteiger partial charge in [0.2, 0.25) is 0 Å². The average molecular weight is 315 g/mol. The van der Waals surface area contributed by atoms with E-state index in [1.165, 1.54) is 6.07 Å². The molecule has 0 aliphatic heterocycles. The maximum atomic E-state index is 13.3. The molecule has 0 aliphatic rings. The number of rotatable bonds is 4. The van der Waals surface area contributed by atoms with Crippen LogP contribution in [0.3, 0.4) is 0 Å². The number of alkyl carbamates (subject to hydrolysis) is 1. The summed E-state index contributed by atoms with van der Waals surface area (Å²) in [5.74, 6) is 3.63. The Balaban J connectivity index is 1.71. The Bertz CT molecular complexity index is 701. The van der Waals surface area contributed by atoms with Crippen molar-refractivity contribution >= 4 is 6.09 Å². The van der Waals surface area contributed by atoms with Gasteiger partial charge in [-0.05, 0) is 17.7 Å². The summed E-state index contributed by atoms with van der Waals surface area (Å²) in [4.78, 5) is 11.5. The van der Waals surface area contributed by atoms with E-state index in [1.54, 1.807) is 0 Å². The van der Waals surface area contributed by atoms with Crippen LogP contribution in [0.15, 0.2) is 48.5 Å². The molecule has 0 unspecified atom stereocenters. The fourth-order valence-corrected chi connectivity index (χ4v) is 1.77. The largest absolute Gasteiger partial charge is 0.445 e. The van der Waals surface area contributed by atoms with Crippen molar-refractivity contribution in [3.63, 3.8) is 0 Å². The molecule has 0 atom stereocenters. The zero-order valence-electron chi connectivity index (χ0n) is 12.3. The molecule has 0 aliphatic carbocycles. The first kappa shape index (κ1) is 16.5. The van der Waals surface area contributed by atoms with E-state index >= 15 is 0 Å². The van der Waals surface area contributed by atoms with E-state index in [0.29, 0.717) is 0 Å². The Morgan fingerprint density at radius 1 is 1.04 bits per heavy atom. The molecule has 2 aromatic carbocycles. The highest BCUT2D eigenvalue weighted by molar-refractivity contribution is 5.67. The molecule has 118 valence electrons. The van der Waals surface area contributed by atoms with Crippen LogP contribution in [0.2, 0.25) is 0 Å². The zero-order chi connectivity index (χ0) is 16.5. The summed E-state index contributed by atoms with van der Waals surface area (Å²) in [6, 6.07) is 12.9. The van der Waals surface area contributed by atoms with Crippen molar-refractivity contribution in [1.29, 1.82) is 0 Å². The third-order valence-electron chi connectivity index (χ3n) is 2.91. The van der Waals surface area contributed by atoms with Gasteiger partial charge in [-0.1, -0.05) is 48.2 Å². The van der Waals surface area contributed by atoms with Gasteiger partial charge < -0.3 is 10.1 Å². The van der Waals surface area contributed by atoms with Gasteiger partial charge >= 0.3 is 6.09 Å². The fraction of sp³-hybridized carbons (Fsp3) is 0.167. The molecule has 0 aromatic heterocycles. The van der Waals surface area contributed by atoms with E-state index in [9.17, 15) is 13.6 Å². The van der Waals surface area contributed by atoms with Gasteiger partial charge in [-0.15, -0.1) is 0 Å². The Labute approximate surface area is 133 Å². The van der Waals surface area contributed by atoms with Crippen molar-refractivity contribution < 1.29 is 18.3 Å². The second kappa shape index (κ2) is 8.54. The molecular formula is C18H15F2NO2. The van der Waals surface area contributed by atoms with Crippen molar-refractivity contribution in [3.8, 4) is 11.8 Å². The normalized spacial score (nSPS) is 9.65. The fourth-order valence-electron chi connectivity index (χ4n) is 1.77. The predicted molar refractivity (Wildman–Crippen MR) is 82.5 cm³/mol. The number of hydrogen-bond acceptors (Lipinski definition) is 2. The first-order chi connectivity index (χ1) is 11.2. The lowest BCUT2D eigenvalue weighted by Gasteiger charge is -2.05. The molecule has 0 heterocycles. The van der Waals surface area contributed by atoms with Gasteiger partial charge in [-0.2, -0.15) is 0 Å².